The molecule has 166 valence electrons. The lowest BCUT2D eigenvalue weighted by Crippen LogP contribution is -2.20. The number of hydrogen-bond donors (Lipinski definition) is 2. The lowest BCUT2D eigenvalue weighted by atomic mass is 10.2. The van der Waals surface area contributed by atoms with E-state index >= 15 is 0 Å². The second-order valence-corrected chi connectivity index (χ2v) is 8.23. The van der Waals surface area contributed by atoms with Gasteiger partial charge in [-0.15, -0.1) is 0 Å². The van der Waals surface area contributed by atoms with Gasteiger partial charge in [-0.25, -0.2) is 9.59 Å². The Morgan fingerprint density at radius 2 is 1.53 bits per heavy atom. The number of rotatable bonds is 7. The van der Waals surface area contributed by atoms with Crippen molar-refractivity contribution in [3.8, 4) is 5.75 Å². The average molecular weight is 455 g/mol. The van der Waals surface area contributed by atoms with Crippen molar-refractivity contribution in [3.63, 3.8) is 0 Å². The molecule has 0 aromatic heterocycles. The van der Waals surface area contributed by atoms with E-state index in [9.17, 15) is 18.0 Å². The van der Waals surface area contributed by atoms with Crippen molar-refractivity contribution < 1.29 is 26.9 Å². The molecule has 0 unspecified atom stereocenters. The van der Waals surface area contributed by atoms with E-state index < -0.39 is 22.1 Å². The Balaban J connectivity index is 1.86. The van der Waals surface area contributed by atoms with E-state index in [0.29, 0.717) is 5.69 Å². The summed E-state index contributed by atoms with van der Waals surface area (Å²) in [6.45, 7) is 1.95. The van der Waals surface area contributed by atoms with Crippen molar-refractivity contribution in [3.05, 3.63) is 83.9 Å². The van der Waals surface area contributed by atoms with Gasteiger partial charge in [-0.2, -0.15) is 8.42 Å². The van der Waals surface area contributed by atoms with Crippen LogP contribution in [0.3, 0.4) is 0 Å². The van der Waals surface area contributed by atoms with Gasteiger partial charge in [-0.3, -0.25) is 0 Å². The molecule has 2 amide bonds. The minimum atomic E-state index is -4.23. The van der Waals surface area contributed by atoms with Crippen LogP contribution in [0.15, 0.2) is 77.7 Å². The molecule has 0 atom stereocenters. The van der Waals surface area contributed by atoms with Crippen molar-refractivity contribution >= 4 is 33.5 Å². The molecule has 0 radical (unpaired) electrons. The van der Waals surface area contributed by atoms with E-state index in [4.69, 9.17) is 8.92 Å². The van der Waals surface area contributed by atoms with Crippen LogP contribution in [0.4, 0.5) is 16.2 Å². The third-order valence-electron chi connectivity index (χ3n) is 4.50. The van der Waals surface area contributed by atoms with Gasteiger partial charge in [0.2, 0.25) is 0 Å². The predicted octanol–water partition coefficient (Wildman–Crippen LogP) is 4.45. The van der Waals surface area contributed by atoms with Gasteiger partial charge in [-0.1, -0.05) is 37.3 Å². The van der Waals surface area contributed by atoms with Crippen molar-refractivity contribution in [2.24, 2.45) is 0 Å². The quantitative estimate of drug-likeness (QED) is 0.403. The molecule has 0 bridgehead atoms. The Morgan fingerprint density at radius 3 is 2.16 bits per heavy atom. The fourth-order valence-corrected chi connectivity index (χ4v) is 3.76. The molecule has 0 aliphatic carbocycles. The second-order valence-electron chi connectivity index (χ2n) is 6.68. The third kappa shape index (κ3) is 5.64. The Kier molecular flexibility index (Phi) is 7.11. The number of ether oxygens (including phenoxy) is 1. The maximum absolute atomic E-state index is 12.8. The molecule has 9 heteroatoms. The van der Waals surface area contributed by atoms with Crippen molar-refractivity contribution in [1.29, 1.82) is 0 Å². The Labute approximate surface area is 186 Å². The fraction of sp³-hybridized carbons (Fsp3) is 0.130. The molecular formula is C23H22N2O6S. The Morgan fingerprint density at radius 1 is 0.875 bits per heavy atom. The number of methoxy groups -OCH3 is 1. The van der Waals surface area contributed by atoms with Crippen LogP contribution in [0.25, 0.3) is 0 Å². The summed E-state index contributed by atoms with van der Waals surface area (Å²) in [7, 11) is -3.06. The zero-order valence-corrected chi connectivity index (χ0v) is 18.3. The highest BCUT2D eigenvalue weighted by Crippen LogP contribution is 2.28. The summed E-state index contributed by atoms with van der Waals surface area (Å²) in [5.41, 5.74) is 1.66. The van der Waals surface area contributed by atoms with Crippen LogP contribution in [-0.2, 0) is 21.3 Å². The van der Waals surface area contributed by atoms with Crippen LogP contribution >= 0.6 is 0 Å². The van der Waals surface area contributed by atoms with E-state index in [1.165, 1.54) is 37.4 Å². The van der Waals surface area contributed by atoms with Crippen molar-refractivity contribution in [2.75, 3.05) is 17.7 Å². The average Bonchev–Trinajstić information content (AvgIpc) is 2.79. The first-order valence-corrected chi connectivity index (χ1v) is 11.1. The van der Waals surface area contributed by atoms with Gasteiger partial charge < -0.3 is 19.6 Å². The first-order chi connectivity index (χ1) is 15.3. The number of hydrogen-bond acceptors (Lipinski definition) is 6. The molecule has 0 spiro atoms. The number of esters is 1. The monoisotopic (exact) mass is 454 g/mol. The van der Waals surface area contributed by atoms with Crippen LogP contribution in [0, 0.1) is 0 Å². The normalized spacial score (nSPS) is 10.8. The first kappa shape index (κ1) is 22.8. The summed E-state index contributed by atoms with van der Waals surface area (Å²) in [6, 6.07) is 18.5. The van der Waals surface area contributed by atoms with Gasteiger partial charge in [0, 0.05) is 17.4 Å². The number of amides is 2. The summed E-state index contributed by atoms with van der Waals surface area (Å²) < 4.78 is 35.5. The SMILES string of the molecule is CCc1ccc(S(=O)(=O)Oc2cc(NC(=O)Nc3ccccc3)ccc2C(=O)OC)cc1. The molecule has 0 aliphatic rings. The molecule has 0 aliphatic heterocycles. The fourth-order valence-electron chi connectivity index (χ4n) is 2.82. The van der Waals surface area contributed by atoms with Gasteiger partial charge in [0.05, 0.1) is 7.11 Å². The number of urea groups is 1. The van der Waals surface area contributed by atoms with Crippen LogP contribution < -0.4 is 14.8 Å². The van der Waals surface area contributed by atoms with Crippen molar-refractivity contribution in [1.82, 2.24) is 0 Å². The molecule has 3 aromatic rings. The maximum atomic E-state index is 12.8. The number of para-hydroxylation sites is 1. The van der Waals surface area contributed by atoms with Gasteiger partial charge >= 0.3 is 22.1 Å². The Hall–Kier alpha value is -3.85. The summed E-state index contributed by atoms with van der Waals surface area (Å²) in [5, 5.41) is 5.22. The molecule has 0 saturated carbocycles. The Bertz CT molecular complexity index is 1210. The van der Waals surface area contributed by atoms with E-state index in [1.54, 1.807) is 36.4 Å². The zero-order valence-electron chi connectivity index (χ0n) is 17.5. The van der Waals surface area contributed by atoms with E-state index in [1.807, 2.05) is 13.0 Å². The highest BCUT2D eigenvalue weighted by atomic mass is 32.2. The molecule has 32 heavy (non-hydrogen) atoms. The maximum Gasteiger partial charge on any atom is 0.341 e. The van der Waals surface area contributed by atoms with Crippen LogP contribution in [0.2, 0.25) is 0 Å². The topological polar surface area (TPSA) is 111 Å². The molecule has 3 aromatic carbocycles. The van der Waals surface area contributed by atoms with Gasteiger partial charge in [0.25, 0.3) is 0 Å². The summed E-state index contributed by atoms with van der Waals surface area (Å²) in [6.07, 6.45) is 0.756. The van der Waals surface area contributed by atoms with Gasteiger partial charge in [0.1, 0.15) is 10.5 Å². The number of anilines is 2. The second kappa shape index (κ2) is 9.97. The minimum absolute atomic E-state index is 0.0642. The number of nitrogens with one attached hydrogen (secondary N) is 2. The van der Waals surface area contributed by atoms with Crippen LogP contribution in [0.1, 0.15) is 22.8 Å². The molecule has 0 heterocycles. The molecule has 8 nitrogen and oxygen atoms in total. The summed E-state index contributed by atoms with van der Waals surface area (Å²) in [4.78, 5) is 24.3. The van der Waals surface area contributed by atoms with Gasteiger partial charge in [0.15, 0.2) is 5.75 Å². The highest BCUT2D eigenvalue weighted by Gasteiger charge is 2.22. The standard InChI is InChI=1S/C23H22N2O6S/c1-3-16-9-12-19(13-10-16)32(28,29)31-21-15-18(11-14-20(21)22(26)30-2)25-23(27)24-17-7-5-4-6-8-17/h4-15H,3H2,1-2H3,(H2,24,25,27). The van der Waals surface area contributed by atoms with E-state index in [2.05, 4.69) is 10.6 Å². The largest absolute Gasteiger partial charge is 0.465 e. The smallest absolute Gasteiger partial charge is 0.341 e. The summed E-state index contributed by atoms with van der Waals surface area (Å²) >= 11 is 0. The number of aryl methyl sites for hydroxylation is 1. The van der Waals surface area contributed by atoms with Gasteiger partial charge in [-0.05, 0) is 48.4 Å². The molecule has 3 rings (SSSR count). The lowest BCUT2D eigenvalue weighted by molar-refractivity contribution is 0.0599. The predicted molar refractivity (Wildman–Crippen MR) is 120 cm³/mol. The molecule has 2 N–H and O–H groups in total. The number of benzene rings is 3. The molecule has 0 saturated heterocycles. The summed E-state index contributed by atoms with van der Waals surface area (Å²) in [5.74, 6) is -1.05. The number of carbonyl (C=O) groups is 2. The molecule has 0 fully saturated rings. The molecular weight excluding hydrogens is 432 g/mol. The number of carbonyl (C=O) groups excluding carboxylic acids is 2. The van der Waals surface area contributed by atoms with Crippen LogP contribution in [-0.4, -0.2) is 27.5 Å². The highest BCUT2D eigenvalue weighted by molar-refractivity contribution is 7.87. The third-order valence-corrected chi connectivity index (χ3v) is 5.74. The van der Waals surface area contributed by atoms with E-state index in [0.717, 1.165) is 12.0 Å². The zero-order chi connectivity index (χ0) is 23.1. The van der Waals surface area contributed by atoms with Crippen LogP contribution in [0.5, 0.6) is 5.75 Å². The minimum Gasteiger partial charge on any atom is -0.465 e. The van der Waals surface area contributed by atoms with Crippen molar-refractivity contribution in [2.45, 2.75) is 18.2 Å². The first-order valence-electron chi connectivity index (χ1n) is 9.71. The lowest BCUT2D eigenvalue weighted by Gasteiger charge is -2.13. The van der Waals surface area contributed by atoms with E-state index in [-0.39, 0.29) is 21.9 Å².